The molecule has 142 valence electrons. The van der Waals surface area contributed by atoms with Crippen molar-refractivity contribution in [1.29, 1.82) is 0 Å². The van der Waals surface area contributed by atoms with Crippen LogP contribution in [0.3, 0.4) is 0 Å². The van der Waals surface area contributed by atoms with E-state index in [0.717, 1.165) is 44.4 Å². The fraction of sp³-hybridized carbons (Fsp3) is 0.500. The van der Waals surface area contributed by atoms with E-state index in [4.69, 9.17) is 4.99 Å². The zero-order valence-electron chi connectivity index (χ0n) is 16.0. The number of nitrogens with one attached hydrogen (secondary N) is 1. The van der Waals surface area contributed by atoms with E-state index in [0.29, 0.717) is 12.5 Å². The quantitative estimate of drug-likeness (QED) is 0.415. The van der Waals surface area contributed by atoms with Crippen LogP contribution in [0, 0.1) is 5.92 Å². The van der Waals surface area contributed by atoms with Gasteiger partial charge < -0.3 is 14.8 Å². The number of aromatic nitrogens is 2. The van der Waals surface area contributed by atoms with Crippen LogP contribution in [0.25, 0.3) is 0 Å². The zero-order chi connectivity index (χ0) is 17.6. The van der Waals surface area contributed by atoms with Crippen LogP contribution in [0.4, 0.5) is 0 Å². The minimum atomic E-state index is 0. The van der Waals surface area contributed by atoms with E-state index in [1.807, 2.05) is 6.20 Å². The highest BCUT2D eigenvalue weighted by atomic mass is 127. The number of fused-ring (bicyclic) bond motifs is 1. The van der Waals surface area contributed by atoms with E-state index in [-0.39, 0.29) is 24.0 Å². The summed E-state index contributed by atoms with van der Waals surface area (Å²) in [6.45, 7) is 11.0. The molecule has 0 unspecified atom stereocenters. The highest BCUT2D eigenvalue weighted by Gasteiger charge is 2.18. The molecule has 0 bridgehead atoms. The van der Waals surface area contributed by atoms with Gasteiger partial charge in [0, 0.05) is 38.6 Å². The summed E-state index contributed by atoms with van der Waals surface area (Å²) in [7, 11) is 0. The summed E-state index contributed by atoms with van der Waals surface area (Å²) in [6, 6.07) is 8.71. The molecular weight excluding hydrogens is 437 g/mol. The molecule has 3 rings (SSSR count). The fourth-order valence-corrected chi connectivity index (χ4v) is 3.30. The van der Waals surface area contributed by atoms with Crippen LogP contribution in [0.2, 0.25) is 0 Å². The van der Waals surface area contributed by atoms with Crippen molar-refractivity contribution in [1.82, 2.24) is 19.8 Å². The maximum Gasteiger partial charge on any atom is 0.194 e. The zero-order valence-corrected chi connectivity index (χ0v) is 18.3. The van der Waals surface area contributed by atoms with Gasteiger partial charge in [0.2, 0.25) is 0 Å². The van der Waals surface area contributed by atoms with Crippen molar-refractivity contribution < 1.29 is 0 Å². The lowest BCUT2D eigenvalue weighted by Gasteiger charge is -2.31. The van der Waals surface area contributed by atoms with Crippen LogP contribution < -0.4 is 5.32 Å². The number of hydrogen-bond donors (Lipinski definition) is 1. The van der Waals surface area contributed by atoms with E-state index in [9.17, 15) is 0 Å². The Balaban J connectivity index is 0.00000243. The SMILES string of the molecule is CCNC(=NCc1nccn1CC(C)C)N1CCc2ccccc2C1.I. The molecule has 0 saturated heterocycles. The minimum Gasteiger partial charge on any atom is -0.356 e. The van der Waals surface area contributed by atoms with Crippen LogP contribution >= 0.6 is 24.0 Å². The number of nitrogens with zero attached hydrogens (tertiary/aromatic N) is 4. The second-order valence-corrected chi connectivity index (χ2v) is 7.00. The second kappa shape index (κ2) is 9.94. The Bertz CT molecular complexity index is 722. The van der Waals surface area contributed by atoms with Gasteiger partial charge in [-0.2, -0.15) is 0 Å². The Kier molecular flexibility index (Phi) is 7.93. The molecule has 0 fully saturated rings. The van der Waals surface area contributed by atoms with Crippen molar-refractivity contribution >= 4 is 29.9 Å². The van der Waals surface area contributed by atoms with Gasteiger partial charge in [-0.05, 0) is 30.4 Å². The normalized spacial score (nSPS) is 14.2. The second-order valence-electron chi connectivity index (χ2n) is 7.00. The van der Waals surface area contributed by atoms with E-state index in [1.54, 1.807) is 0 Å². The molecular formula is C20H30IN5. The highest BCUT2D eigenvalue weighted by molar-refractivity contribution is 14.0. The highest BCUT2D eigenvalue weighted by Crippen LogP contribution is 2.18. The summed E-state index contributed by atoms with van der Waals surface area (Å²) in [4.78, 5) is 11.7. The van der Waals surface area contributed by atoms with Gasteiger partial charge in [-0.15, -0.1) is 24.0 Å². The van der Waals surface area contributed by atoms with Crippen LogP contribution in [0.1, 0.15) is 37.7 Å². The van der Waals surface area contributed by atoms with Gasteiger partial charge in [-0.1, -0.05) is 38.1 Å². The van der Waals surface area contributed by atoms with Crippen LogP contribution in [0.5, 0.6) is 0 Å². The molecule has 0 atom stereocenters. The van der Waals surface area contributed by atoms with Gasteiger partial charge in [-0.25, -0.2) is 9.98 Å². The first-order valence-electron chi connectivity index (χ1n) is 9.27. The molecule has 0 saturated carbocycles. The van der Waals surface area contributed by atoms with Gasteiger partial charge in [0.15, 0.2) is 5.96 Å². The van der Waals surface area contributed by atoms with E-state index >= 15 is 0 Å². The number of aliphatic imine (C=N–C) groups is 1. The van der Waals surface area contributed by atoms with Crippen molar-refractivity contribution in [2.75, 3.05) is 13.1 Å². The molecule has 0 radical (unpaired) electrons. The van der Waals surface area contributed by atoms with E-state index in [1.165, 1.54) is 11.1 Å². The Morgan fingerprint density at radius 3 is 2.77 bits per heavy atom. The minimum absolute atomic E-state index is 0. The fourth-order valence-electron chi connectivity index (χ4n) is 3.30. The number of hydrogen-bond acceptors (Lipinski definition) is 2. The molecule has 1 N–H and O–H groups in total. The molecule has 2 aromatic rings. The Labute approximate surface area is 173 Å². The lowest BCUT2D eigenvalue weighted by atomic mass is 10.0. The summed E-state index contributed by atoms with van der Waals surface area (Å²) in [6.07, 6.45) is 4.99. The maximum absolute atomic E-state index is 4.87. The maximum atomic E-state index is 4.87. The average Bonchev–Trinajstić information content (AvgIpc) is 3.04. The molecule has 1 aromatic heterocycles. The first kappa shape index (κ1) is 20.7. The van der Waals surface area contributed by atoms with Gasteiger partial charge in [-0.3, -0.25) is 0 Å². The van der Waals surface area contributed by atoms with Crippen molar-refractivity contribution in [2.45, 2.75) is 46.8 Å². The molecule has 0 amide bonds. The number of halogens is 1. The Hall–Kier alpha value is -1.57. The molecule has 1 aromatic carbocycles. The number of benzene rings is 1. The average molecular weight is 467 g/mol. The molecule has 5 nitrogen and oxygen atoms in total. The van der Waals surface area contributed by atoms with Crippen LogP contribution in [0.15, 0.2) is 41.7 Å². The lowest BCUT2D eigenvalue weighted by Crippen LogP contribution is -2.44. The third kappa shape index (κ3) is 5.22. The molecule has 26 heavy (non-hydrogen) atoms. The Morgan fingerprint density at radius 2 is 2.04 bits per heavy atom. The summed E-state index contributed by atoms with van der Waals surface area (Å²) >= 11 is 0. The monoisotopic (exact) mass is 467 g/mol. The van der Waals surface area contributed by atoms with Crippen molar-refractivity contribution in [3.63, 3.8) is 0 Å². The number of imidazole rings is 1. The van der Waals surface area contributed by atoms with Gasteiger partial charge in [0.1, 0.15) is 12.4 Å². The lowest BCUT2D eigenvalue weighted by molar-refractivity contribution is 0.378. The van der Waals surface area contributed by atoms with Crippen LogP contribution in [-0.2, 0) is 26.1 Å². The third-order valence-corrected chi connectivity index (χ3v) is 4.50. The summed E-state index contributed by atoms with van der Waals surface area (Å²) < 4.78 is 2.21. The smallest absolute Gasteiger partial charge is 0.194 e. The first-order valence-corrected chi connectivity index (χ1v) is 9.27. The third-order valence-electron chi connectivity index (χ3n) is 4.50. The van der Waals surface area contributed by atoms with Crippen molar-refractivity contribution in [3.8, 4) is 0 Å². The molecule has 1 aliphatic rings. The molecule has 2 heterocycles. The molecule has 0 aliphatic carbocycles. The van der Waals surface area contributed by atoms with E-state index < -0.39 is 0 Å². The molecule has 0 spiro atoms. The number of guanidine groups is 1. The van der Waals surface area contributed by atoms with Gasteiger partial charge >= 0.3 is 0 Å². The summed E-state index contributed by atoms with van der Waals surface area (Å²) in [5.74, 6) is 2.61. The molecule has 1 aliphatic heterocycles. The van der Waals surface area contributed by atoms with Crippen LogP contribution in [-0.4, -0.2) is 33.5 Å². The topological polar surface area (TPSA) is 45.5 Å². The predicted octanol–water partition coefficient (Wildman–Crippen LogP) is 3.68. The largest absolute Gasteiger partial charge is 0.356 e. The standard InChI is InChI=1S/C20H29N5.HI/c1-4-21-20(23-13-19-22-10-12-24(19)14-16(2)3)25-11-9-17-7-5-6-8-18(17)15-25;/h5-8,10,12,16H,4,9,11,13-15H2,1-3H3,(H,21,23);1H. The van der Waals surface area contributed by atoms with Crippen molar-refractivity contribution in [2.24, 2.45) is 10.9 Å². The Morgan fingerprint density at radius 1 is 1.27 bits per heavy atom. The van der Waals surface area contributed by atoms with Gasteiger partial charge in [0.25, 0.3) is 0 Å². The predicted molar refractivity (Wildman–Crippen MR) is 118 cm³/mol. The van der Waals surface area contributed by atoms with Gasteiger partial charge in [0.05, 0.1) is 0 Å². The summed E-state index contributed by atoms with van der Waals surface area (Å²) in [5.41, 5.74) is 2.86. The van der Waals surface area contributed by atoms with E-state index in [2.05, 4.69) is 71.0 Å². The summed E-state index contributed by atoms with van der Waals surface area (Å²) in [5, 5.41) is 3.44. The molecule has 6 heteroatoms. The van der Waals surface area contributed by atoms with Crippen molar-refractivity contribution in [3.05, 3.63) is 53.6 Å². The number of rotatable bonds is 5. The first-order chi connectivity index (χ1) is 12.2.